The second kappa shape index (κ2) is 9.97. The summed E-state index contributed by atoms with van der Waals surface area (Å²) in [5.41, 5.74) is 4.00. The van der Waals surface area contributed by atoms with Gasteiger partial charge in [-0.1, -0.05) is 12.5 Å². The van der Waals surface area contributed by atoms with Crippen molar-refractivity contribution in [3.05, 3.63) is 77.3 Å². The third-order valence-electron chi connectivity index (χ3n) is 6.28. The van der Waals surface area contributed by atoms with Gasteiger partial charge in [0.1, 0.15) is 5.82 Å². The first-order valence-corrected chi connectivity index (χ1v) is 13.0. The maximum absolute atomic E-state index is 13.6. The van der Waals surface area contributed by atoms with E-state index in [0.29, 0.717) is 11.5 Å². The molecule has 0 spiro atoms. The predicted octanol–water partition coefficient (Wildman–Crippen LogP) is 4.55. The fourth-order valence-corrected chi connectivity index (χ4v) is 5.05. The maximum atomic E-state index is 13.6. The van der Waals surface area contributed by atoms with Crippen LogP contribution in [0.3, 0.4) is 0 Å². The van der Waals surface area contributed by atoms with E-state index in [2.05, 4.69) is 15.5 Å². The van der Waals surface area contributed by atoms with Crippen LogP contribution in [0.5, 0.6) is 0 Å². The van der Waals surface area contributed by atoms with E-state index in [0.717, 1.165) is 66.9 Å². The van der Waals surface area contributed by atoms with E-state index in [4.69, 9.17) is 5.10 Å². The molecule has 1 amide bonds. The molecule has 0 fully saturated rings. The third kappa shape index (κ3) is 4.44. The van der Waals surface area contributed by atoms with Gasteiger partial charge in [-0.2, -0.15) is 16.9 Å². The topological polar surface area (TPSA) is 77.1 Å². The number of amides is 1. The van der Waals surface area contributed by atoms with Crippen LogP contribution in [0.1, 0.15) is 59.3 Å². The van der Waals surface area contributed by atoms with Crippen LogP contribution in [0.4, 0.5) is 4.39 Å². The van der Waals surface area contributed by atoms with Crippen LogP contribution in [0.25, 0.3) is 11.3 Å². The van der Waals surface area contributed by atoms with E-state index in [1.54, 1.807) is 23.9 Å². The van der Waals surface area contributed by atoms with E-state index < -0.39 is 0 Å². The maximum Gasteiger partial charge on any atom is 0.272 e. The summed E-state index contributed by atoms with van der Waals surface area (Å²) in [6.07, 6.45) is 9.52. The Hall–Kier alpha value is -3.20. The van der Waals surface area contributed by atoms with Crippen molar-refractivity contribution in [2.24, 2.45) is 0 Å². The molecule has 0 unspecified atom stereocenters. The number of hydrogen-bond acceptors (Lipinski definition) is 5. The fraction of sp³-hybridized carbons (Fsp3) is 0.360. The number of pyridine rings is 1. The van der Waals surface area contributed by atoms with Crippen molar-refractivity contribution >= 4 is 23.3 Å². The summed E-state index contributed by atoms with van der Waals surface area (Å²) in [7, 11) is 0. The van der Waals surface area contributed by atoms with Crippen molar-refractivity contribution in [3.63, 3.8) is 0 Å². The number of nitrogens with zero attached hydrogens (tertiary/aromatic N) is 5. The largest absolute Gasteiger partial charge is 0.341 e. The van der Waals surface area contributed by atoms with Gasteiger partial charge in [-0.25, -0.2) is 9.07 Å². The van der Waals surface area contributed by atoms with Gasteiger partial charge in [0.05, 0.1) is 11.7 Å². The zero-order chi connectivity index (χ0) is 23.5. The molecule has 0 bridgehead atoms. The molecule has 0 aliphatic heterocycles. The molecule has 34 heavy (non-hydrogen) atoms. The molecule has 1 aromatic carbocycles. The van der Waals surface area contributed by atoms with Gasteiger partial charge in [0.15, 0.2) is 17.2 Å². The Morgan fingerprint density at radius 3 is 2.76 bits per heavy atom. The Labute approximate surface area is 201 Å². The lowest BCUT2D eigenvalue weighted by Gasteiger charge is -2.17. The molecule has 1 aliphatic rings. The van der Waals surface area contributed by atoms with Crippen molar-refractivity contribution in [2.45, 2.75) is 44.6 Å². The number of fused-ring (bicyclic) bond motifs is 2. The van der Waals surface area contributed by atoms with Gasteiger partial charge in [-0.15, -0.1) is 10.2 Å². The average Bonchev–Trinajstić information content (AvgIpc) is 3.36. The SMILES string of the molecule is CSCC[C@H](NC(=O)c1nn(-c2ccc(F)cc2)c2c1CCCCC2)c1nnc2ccccn12. The number of thioether (sulfide) groups is 1. The molecular weight excluding hydrogens is 451 g/mol. The zero-order valence-corrected chi connectivity index (χ0v) is 19.9. The summed E-state index contributed by atoms with van der Waals surface area (Å²) >= 11 is 1.72. The summed E-state index contributed by atoms with van der Waals surface area (Å²) in [5.74, 6) is 1.08. The minimum Gasteiger partial charge on any atom is -0.341 e. The highest BCUT2D eigenvalue weighted by Crippen LogP contribution is 2.27. The van der Waals surface area contributed by atoms with E-state index in [1.807, 2.05) is 39.7 Å². The molecule has 4 aromatic rings. The van der Waals surface area contributed by atoms with Crippen LogP contribution in [0, 0.1) is 5.82 Å². The van der Waals surface area contributed by atoms with Crippen molar-refractivity contribution in [1.82, 2.24) is 29.7 Å². The van der Waals surface area contributed by atoms with Gasteiger partial charge < -0.3 is 5.32 Å². The number of benzene rings is 1. The Morgan fingerprint density at radius 2 is 1.94 bits per heavy atom. The highest BCUT2D eigenvalue weighted by Gasteiger charge is 2.28. The molecule has 1 aliphatic carbocycles. The minimum absolute atomic E-state index is 0.210. The van der Waals surface area contributed by atoms with E-state index in [-0.39, 0.29) is 17.8 Å². The summed E-state index contributed by atoms with van der Waals surface area (Å²) in [6.45, 7) is 0. The molecule has 0 saturated carbocycles. The van der Waals surface area contributed by atoms with E-state index >= 15 is 0 Å². The van der Waals surface area contributed by atoms with Crippen molar-refractivity contribution in [1.29, 1.82) is 0 Å². The van der Waals surface area contributed by atoms with Gasteiger partial charge in [0.25, 0.3) is 5.91 Å². The number of carbonyl (C=O) groups is 1. The molecule has 3 heterocycles. The van der Waals surface area contributed by atoms with Crippen LogP contribution in [0.15, 0.2) is 48.7 Å². The first-order chi connectivity index (χ1) is 16.7. The zero-order valence-electron chi connectivity index (χ0n) is 19.1. The van der Waals surface area contributed by atoms with Crippen LogP contribution in [0.2, 0.25) is 0 Å². The summed E-state index contributed by atoms with van der Waals surface area (Å²) < 4.78 is 17.3. The Balaban J connectivity index is 1.51. The number of rotatable bonds is 7. The first kappa shape index (κ1) is 22.6. The highest BCUT2D eigenvalue weighted by molar-refractivity contribution is 7.98. The summed E-state index contributed by atoms with van der Waals surface area (Å²) in [6, 6.07) is 11.7. The van der Waals surface area contributed by atoms with Crippen LogP contribution in [-0.2, 0) is 12.8 Å². The Kier molecular flexibility index (Phi) is 6.62. The quantitative estimate of drug-likeness (QED) is 0.395. The second-order valence-electron chi connectivity index (χ2n) is 8.52. The molecule has 5 rings (SSSR count). The number of carbonyl (C=O) groups excluding carboxylic acids is 1. The van der Waals surface area contributed by atoms with Gasteiger partial charge in [-0.05, 0) is 80.5 Å². The molecular formula is C25H27FN6OS. The minimum atomic E-state index is -0.297. The van der Waals surface area contributed by atoms with Gasteiger partial charge >= 0.3 is 0 Å². The molecule has 176 valence electrons. The number of nitrogens with one attached hydrogen (secondary N) is 1. The Bertz CT molecular complexity index is 1300. The lowest BCUT2D eigenvalue weighted by molar-refractivity contribution is 0.0927. The first-order valence-electron chi connectivity index (χ1n) is 11.6. The van der Waals surface area contributed by atoms with E-state index in [9.17, 15) is 9.18 Å². The molecule has 0 radical (unpaired) electrons. The molecule has 9 heteroatoms. The van der Waals surface area contributed by atoms with E-state index in [1.165, 1.54) is 12.1 Å². The van der Waals surface area contributed by atoms with Crippen LogP contribution >= 0.6 is 11.8 Å². The fourth-order valence-electron chi connectivity index (χ4n) is 4.58. The lowest BCUT2D eigenvalue weighted by atomic mass is 10.1. The normalized spacial score (nSPS) is 14.5. The molecule has 7 nitrogen and oxygen atoms in total. The molecule has 0 saturated heterocycles. The monoisotopic (exact) mass is 478 g/mol. The molecule has 1 N–H and O–H groups in total. The van der Waals surface area contributed by atoms with Gasteiger partial charge in [-0.3, -0.25) is 9.20 Å². The van der Waals surface area contributed by atoms with Crippen molar-refractivity contribution in [3.8, 4) is 5.69 Å². The van der Waals surface area contributed by atoms with Crippen molar-refractivity contribution in [2.75, 3.05) is 12.0 Å². The smallest absolute Gasteiger partial charge is 0.272 e. The third-order valence-corrected chi connectivity index (χ3v) is 6.93. The Morgan fingerprint density at radius 1 is 1.12 bits per heavy atom. The van der Waals surface area contributed by atoms with Gasteiger partial charge in [0.2, 0.25) is 0 Å². The second-order valence-corrected chi connectivity index (χ2v) is 9.50. The average molecular weight is 479 g/mol. The summed E-state index contributed by atoms with van der Waals surface area (Å²) in [5, 5.41) is 16.6. The number of halogens is 1. The van der Waals surface area contributed by atoms with Crippen molar-refractivity contribution < 1.29 is 9.18 Å². The van der Waals surface area contributed by atoms with Gasteiger partial charge in [0, 0.05) is 17.5 Å². The molecule has 1 atom stereocenters. The number of hydrogen-bond donors (Lipinski definition) is 1. The van der Waals surface area contributed by atoms with Crippen LogP contribution < -0.4 is 5.32 Å². The molecule has 3 aromatic heterocycles. The van der Waals surface area contributed by atoms with Crippen LogP contribution in [-0.4, -0.2) is 42.3 Å². The lowest BCUT2D eigenvalue weighted by Crippen LogP contribution is -2.31. The highest BCUT2D eigenvalue weighted by atomic mass is 32.2. The summed E-state index contributed by atoms with van der Waals surface area (Å²) in [4.78, 5) is 13.6. The standard InChI is InChI=1S/C25H27FN6OS/c1-34-16-14-20(24-29-28-22-9-5-6-15-31(22)24)27-25(33)23-19-7-3-2-4-8-21(19)32(30-23)18-12-10-17(26)11-13-18/h5-6,9-13,15,20H,2-4,7-8,14,16H2,1H3,(H,27,33)/t20-/m0/s1. The number of aromatic nitrogens is 5. The predicted molar refractivity (Wildman–Crippen MR) is 131 cm³/mol.